The van der Waals surface area contributed by atoms with Crippen LogP contribution in [0.1, 0.15) is 41.2 Å². The summed E-state index contributed by atoms with van der Waals surface area (Å²) >= 11 is 0. The van der Waals surface area contributed by atoms with Crippen LogP contribution in [0.3, 0.4) is 0 Å². The highest BCUT2D eigenvalue weighted by Gasteiger charge is 2.30. The summed E-state index contributed by atoms with van der Waals surface area (Å²) in [7, 11) is 0. The highest BCUT2D eigenvalue weighted by Crippen LogP contribution is 2.44. The first-order chi connectivity index (χ1) is 18.1. The van der Waals surface area contributed by atoms with E-state index in [2.05, 4.69) is 29.6 Å². The zero-order valence-electron chi connectivity index (χ0n) is 20.7. The maximum Gasteiger partial charge on any atom is 0.407 e. The summed E-state index contributed by atoms with van der Waals surface area (Å²) in [5.74, 6) is -0.565. The van der Waals surface area contributed by atoms with Gasteiger partial charge < -0.3 is 14.8 Å². The first kappa shape index (κ1) is 24.3. The molecule has 0 heterocycles. The van der Waals surface area contributed by atoms with Crippen LogP contribution in [-0.4, -0.2) is 24.7 Å². The lowest BCUT2D eigenvalue weighted by Crippen LogP contribution is -2.44. The molecule has 0 aliphatic heterocycles. The first-order valence-electron chi connectivity index (χ1n) is 12.5. The van der Waals surface area contributed by atoms with Crippen molar-refractivity contribution in [3.05, 3.63) is 131 Å². The molecule has 1 amide bonds. The van der Waals surface area contributed by atoms with Crippen molar-refractivity contribution in [1.82, 2.24) is 5.32 Å². The Hall–Kier alpha value is -4.38. The quantitative estimate of drug-likeness (QED) is 0.288. The molecule has 5 heteroatoms. The highest BCUT2D eigenvalue weighted by molar-refractivity contribution is 5.82. The minimum Gasteiger partial charge on any atom is -0.456 e. The van der Waals surface area contributed by atoms with Crippen LogP contribution in [0.15, 0.2) is 109 Å². The largest absolute Gasteiger partial charge is 0.456 e. The summed E-state index contributed by atoms with van der Waals surface area (Å²) < 4.78 is 11.4. The van der Waals surface area contributed by atoms with Crippen molar-refractivity contribution < 1.29 is 19.1 Å². The molecule has 4 aromatic carbocycles. The second-order valence-corrected chi connectivity index (χ2v) is 9.20. The molecule has 0 radical (unpaired) electrons. The molecule has 0 bridgehead atoms. The number of alkyl carbamates (subject to hydrolysis) is 1. The van der Waals surface area contributed by atoms with E-state index in [1.165, 1.54) is 0 Å². The lowest BCUT2D eigenvalue weighted by atomic mass is 9.98. The molecule has 0 aromatic heterocycles. The van der Waals surface area contributed by atoms with E-state index in [0.29, 0.717) is 6.42 Å². The molecule has 1 aliphatic rings. The molecule has 1 unspecified atom stereocenters. The summed E-state index contributed by atoms with van der Waals surface area (Å²) in [5, 5.41) is 2.76. The van der Waals surface area contributed by atoms with Gasteiger partial charge >= 0.3 is 12.1 Å². The fourth-order valence-electron chi connectivity index (χ4n) is 4.87. The van der Waals surface area contributed by atoms with E-state index < -0.39 is 24.2 Å². The van der Waals surface area contributed by atoms with Crippen LogP contribution < -0.4 is 5.32 Å². The zero-order chi connectivity index (χ0) is 25.6. The van der Waals surface area contributed by atoms with E-state index >= 15 is 0 Å². The molecule has 1 aliphatic carbocycles. The molecular weight excluding hydrogens is 462 g/mol. The summed E-state index contributed by atoms with van der Waals surface area (Å²) in [6.07, 6.45) is -0.797. The Morgan fingerprint density at radius 1 is 0.757 bits per heavy atom. The van der Waals surface area contributed by atoms with Gasteiger partial charge in [-0.15, -0.1) is 0 Å². The number of hydrogen-bond donors (Lipinski definition) is 1. The molecule has 0 spiro atoms. The Labute approximate surface area is 217 Å². The molecule has 186 valence electrons. The average Bonchev–Trinajstić information content (AvgIpc) is 3.26. The van der Waals surface area contributed by atoms with Crippen LogP contribution in [0.2, 0.25) is 0 Å². The fraction of sp³-hybridized carbons (Fsp3) is 0.188. The Kier molecular flexibility index (Phi) is 7.31. The molecule has 4 aromatic rings. The fourth-order valence-corrected chi connectivity index (χ4v) is 4.87. The second kappa shape index (κ2) is 11.1. The van der Waals surface area contributed by atoms with Crippen LogP contribution in [0.25, 0.3) is 11.1 Å². The predicted octanol–water partition coefficient (Wildman–Crippen LogP) is 6.44. The number of carbonyl (C=O) groups excluding carboxylic acids is 2. The van der Waals surface area contributed by atoms with Gasteiger partial charge in [0, 0.05) is 12.3 Å². The van der Waals surface area contributed by atoms with Gasteiger partial charge in [-0.2, -0.15) is 0 Å². The van der Waals surface area contributed by atoms with Crippen molar-refractivity contribution in [3.8, 4) is 11.1 Å². The van der Waals surface area contributed by atoms with Gasteiger partial charge in [-0.1, -0.05) is 109 Å². The van der Waals surface area contributed by atoms with Gasteiger partial charge in [0.1, 0.15) is 18.8 Å². The van der Waals surface area contributed by atoms with E-state index in [1.807, 2.05) is 91.9 Å². The van der Waals surface area contributed by atoms with Crippen LogP contribution >= 0.6 is 0 Å². The molecule has 0 saturated carbocycles. The van der Waals surface area contributed by atoms with Crippen LogP contribution in [-0.2, 0) is 20.7 Å². The molecule has 5 nitrogen and oxygen atoms in total. The summed E-state index contributed by atoms with van der Waals surface area (Å²) in [6, 6.07) is 34.5. The Morgan fingerprint density at radius 2 is 1.30 bits per heavy atom. The number of nitrogens with one attached hydrogen (secondary N) is 1. The summed E-state index contributed by atoms with van der Waals surface area (Å²) in [4.78, 5) is 26.1. The van der Waals surface area contributed by atoms with Gasteiger partial charge in [-0.05, 0) is 40.3 Å². The third-order valence-electron chi connectivity index (χ3n) is 6.76. The minimum absolute atomic E-state index is 0.0595. The number of benzene rings is 4. The van der Waals surface area contributed by atoms with E-state index in [0.717, 1.165) is 33.4 Å². The molecular formula is C32H29NO4. The van der Waals surface area contributed by atoms with Crippen LogP contribution in [0.4, 0.5) is 4.79 Å². The van der Waals surface area contributed by atoms with Gasteiger partial charge in [-0.3, -0.25) is 0 Å². The Morgan fingerprint density at radius 3 is 1.92 bits per heavy atom. The summed E-state index contributed by atoms with van der Waals surface area (Å²) in [5.41, 5.74) is 6.38. The first-order valence-corrected chi connectivity index (χ1v) is 12.5. The second-order valence-electron chi connectivity index (χ2n) is 9.20. The lowest BCUT2D eigenvalue weighted by Gasteiger charge is -2.21. The predicted molar refractivity (Wildman–Crippen MR) is 143 cm³/mol. The lowest BCUT2D eigenvalue weighted by molar-refractivity contribution is -0.151. The van der Waals surface area contributed by atoms with Crippen molar-refractivity contribution in [2.24, 2.45) is 0 Å². The van der Waals surface area contributed by atoms with E-state index in [-0.39, 0.29) is 12.5 Å². The molecule has 37 heavy (non-hydrogen) atoms. The zero-order valence-corrected chi connectivity index (χ0v) is 20.7. The normalized spacial score (nSPS) is 13.6. The number of hydrogen-bond acceptors (Lipinski definition) is 4. The van der Waals surface area contributed by atoms with Crippen LogP contribution in [0, 0.1) is 0 Å². The number of amides is 1. The number of rotatable bonds is 8. The minimum atomic E-state index is -0.885. The SMILES string of the molecule is C[C@H](OC(=O)C(Cc1ccccc1)NC(=O)OCC1c2ccccc2-c2ccccc21)c1ccccc1. The van der Waals surface area contributed by atoms with Gasteiger partial charge in [0.2, 0.25) is 0 Å². The number of carbonyl (C=O) groups is 2. The van der Waals surface area contributed by atoms with Crippen LogP contribution in [0.5, 0.6) is 0 Å². The van der Waals surface area contributed by atoms with Crippen molar-refractivity contribution in [1.29, 1.82) is 0 Å². The average molecular weight is 492 g/mol. The monoisotopic (exact) mass is 491 g/mol. The third-order valence-corrected chi connectivity index (χ3v) is 6.76. The van der Waals surface area contributed by atoms with Crippen molar-refractivity contribution >= 4 is 12.1 Å². The van der Waals surface area contributed by atoms with Gasteiger partial charge in [0.15, 0.2) is 0 Å². The number of fused-ring (bicyclic) bond motifs is 3. The van der Waals surface area contributed by atoms with Gasteiger partial charge in [0.05, 0.1) is 0 Å². The topological polar surface area (TPSA) is 64.6 Å². The Balaban J connectivity index is 1.28. The number of ether oxygens (including phenoxy) is 2. The van der Waals surface area contributed by atoms with Crippen molar-refractivity contribution in [2.75, 3.05) is 6.61 Å². The van der Waals surface area contributed by atoms with E-state index in [4.69, 9.17) is 9.47 Å². The standard InChI is InChI=1S/C32H29NO4/c1-22(24-14-6-3-7-15-24)37-31(34)30(20-23-12-4-2-5-13-23)33-32(35)36-21-29-27-18-10-8-16-25(27)26-17-9-11-19-28(26)29/h2-19,22,29-30H,20-21H2,1H3,(H,33,35)/t22-,30?/m0/s1. The maximum atomic E-state index is 13.2. The van der Waals surface area contributed by atoms with E-state index in [9.17, 15) is 9.59 Å². The van der Waals surface area contributed by atoms with Gasteiger partial charge in [0.25, 0.3) is 0 Å². The van der Waals surface area contributed by atoms with Gasteiger partial charge in [-0.25, -0.2) is 9.59 Å². The summed E-state index contributed by atoms with van der Waals surface area (Å²) in [6.45, 7) is 1.99. The molecule has 0 saturated heterocycles. The third kappa shape index (κ3) is 5.56. The Bertz CT molecular complexity index is 1320. The maximum absolute atomic E-state index is 13.2. The molecule has 0 fully saturated rings. The van der Waals surface area contributed by atoms with Crippen molar-refractivity contribution in [2.45, 2.75) is 31.4 Å². The van der Waals surface area contributed by atoms with Crippen molar-refractivity contribution in [3.63, 3.8) is 0 Å². The highest BCUT2D eigenvalue weighted by atomic mass is 16.6. The molecule has 1 N–H and O–H groups in total. The molecule has 2 atom stereocenters. The smallest absolute Gasteiger partial charge is 0.407 e. The van der Waals surface area contributed by atoms with E-state index in [1.54, 1.807) is 0 Å². The molecule has 5 rings (SSSR count). The number of esters is 1.